The molecule has 1 aromatic carbocycles. The van der Waals surface area contributed by atoms with E-state index in [1.807, 2.05) is 30.3 Å². The van der Waals surface area contributed by atoms with Crippen LogP contribution < -0.4 is 0 Å². The fourth-order valence-corrected chi connectivity index (χ4v) is 1.88. The number of carbonyl (C=O) groups excluding carboxylic acids is 2. The molecular weight excluding hydrogens is 294 g/mol. The summed E-state index contributed by atoms with van der Waals surface area (Å²) in [6, 6.07) is 9.17. The summed E-state index contributed by atoms with van der Waals surface area (Å²) in [5, 5.41) is 3.75. The Morgan fingerprint density at radius 3 is 2.52 bits per heavy atom. The number of rotatable bonds is 8. The highest BCUT2D eigenvalue weighted by atomic mass is 16.6. The second-order valence-electron chi connectivity index (χ2n) is 5.28. The Balaban J connectivity index is 2.37. The maximum Gasteiger partial charge on any atom is 0.331 e. The van der Waals surface area contributed by atoms with Gasteiger partial charge in [0.15, 0.2) is 0 Å². The SMILES string of the molecule is CCCCCC(=O)N(C)C(=O)N(C)/C=N/OCc1ccccc1. The normalized spacial score (nSPS) is 10.6. The quantitative estimate of drug-likeness (QED) is 0.320. The lowest BCUT2D eigenvalue weighted by atomic mass is 10.2. The van der Waals surface area contributed by atoms with Gasteiger partial charge in [0.05, 0.1) is 0 Å². The highest BCUT2D eigenvalue weighted by molar-refractivity contribution is 5.98. The van der Waals surface area contributed by atoms with Crippen molar-refractivity contribution >= 4 is 18.3 Å². The van der Waals surface area contributed by atoms with E-state index in [1.165, 1.54) is 25.3 Å². The lowest BCUT2D eigenvalue weighted by molar-refractivity contribution is -0.127. The second-order valence-corrected chi connectivity index (χ2v) is 5.28. The van der Waals surface area contributed by atoms with Gasteiger partial charge in [0.1, 0.15) is 12.9 Å². The van der Waals surface area contributed by atoms with Gasteiger partial charge >= 0.3 is 6.03 Å². The molecule has 126 valence electrons. The number of oxime groups is 1. The average Bonchev–Trinajstić information content (AvgIpc) is 2.58. The van der Waals surface area contributed by atoms with E-state index in [-0.39, 0.29) is 5.91 Å². The van der Waals surface area contributed by atoms with E-state index in [1.54, 1.807) is 0 Å². The van der Waals surface area contributed by atoms with Gasteiger partial charge in [0.2, 0.25) is 5.91 Å². The first kappa shape index (κ1) is 18.7. The molecule has 0 saturated heterocycles. The van der Waals surface area contributed by atoms with E-state index in [0.29, 0.717) is 13.0 Å². The zero-order chi connectivity index (χ0) is 17.1. The summed E-state index contributed by atoms with van der Waals surface area (Å²) in [4.78, 5) is 31.4. The summed E-state index contributed by atoms with van der Waals surface area (Å²) in [5.74, 6) is -0.186. The van der Waals surface area contributed by atoms with Crippen LogP contribution >= 0.6 is 0 Å². The molecule has 0 spiro atoms. The number of hydrogen-bond donors (Lipinski definition) is 0. The molecule has 6 nitrogen and oxygen atoms in total. The summed E-state index contributed by atoms with van der Waals surface area (Å²) < 4.78 is 0. The topological polar surface area (TPSA) is 62.2 Å². The Morgan fingerprint density at radius 2 is 1.87 bits per heavy atom. The molecule has 0 bridgehead atoms. The van der Waals surface area contributed by atoms with Gasteiger partial charge in [-0.25, -0.2) is 4.79 Å². The first-order chi connectivity index (χ1) is 11.1. The number of amides is 3. The monoisotopic (exact) mass is 319 g/mol. The van der Waals surface area contributed by atoms with Gasteiger partial charge < -0.3 is 4.84 Å². The van der Waals surface area contributed by atoms with Gasteiger partial charge in [-0.15, -0.1) is 0 Å². The molecule has 0 aromatic heterocycles. The van der Waals surface area contributed by atoms with Gasteiger partial charge in [0.25, 0.3) is 0 Å². The maximum absolute atomic E-state index is 12.1. The van der Waals surface area contributed by atoms with Crippen LogP contribution in [0.5, 0.6) is 0 Å². The number of nitrogens with zero attached hydrogens (tertiary/aromatic N) is 3. The Kier molecular flexibility index (Phi) is 8.42. The summed E-state index contributed by atoms with van der Waals surface area (Å²) in [5.41, 5.74) is 0.988. The zero-order valence-electron chi connectivity index (χ0n) is 14.1. The maximum atomic E-state index is 12.1. The Labute approximate surface area is 137 Å². The van der Waals surface area contributed by atoms with Crippen LogP contribution in [0.1, 0.15) is 38.2 Å². The van der Waals surface area contributed by atoms with Crippen LogP contribution in [0, 0.1) is 0 Å². The number of hydrogen-bond acceptors (Lipinski definition) is 4. The fourth-order valence-electron chi connectivity index (χ4n) is 1.88. The van der Waals surface area contributed by atoms with E-state index < -0.39 is 6.03 Å². The molecule has 0 unspecified atom stereocenters. The first-order valence-corrected chi connectivity index (χ1v) is 7.79. The minimum absolute atomic E-state index is 0.186. The van der Waals surface area contributed by atoms with Crippen molar-refractivity contribution in [3.8, 4) is 0 Å². The fraction of sp³-hybridized carbons (Fsp3) is 0.471. The van der Waals surface area contributed by atoms with Crippen molar-refractivity contribution in [2.24, 2.45) is 5.16 Å². The van der Waals surface area contributed by atoms with Crippen molar-refractivity contribution in [3.05, 3.63) is 35.9 Å². The summed E-state index contributed by atoms with van der Waals surface area (Å²) >= 11 is 0. The average molecular weight is 319 g/mol. The van der Waals surface area contributed by atoms with E-state index >= 15 is 0 Å². The molecule has 3 amide bonds. The van der Waals surface area contributed by atoms with Crippen LogP contribution in [0.25, 0.3) is 0 Å². The highest BCUT2D eigenvalue weighted by Crippen LogP contribution is 2.04. The third-order valence-electron chi connectivity index (χ3n) is 3.33. The molecule has 6 heteroatoms. The molecule has 0 heterocycles. The Hall–Kier alpha value is -2.37. The summed E-state index contributed by atoms with van der Waals surface area (Å²) in [6.07, 6.45) is 4.46. The number of carbonyl (C=O) groups is 2. The molecule has 0 aliphatic heterocycles. The van der Waals surface area contributed by atoms with E-state index in [0.717, 1.165) is 29.7 Å². The van der Waals surface area contributed by atoms with E-state index in [2.05, 4.69) is 12.1 Å². The molecule has 1 aromatic rings. The minimum Gasteiger partial charge on any atom is -0.390 e. The van der Waals surface area contributed by atoms with Crippen LogP contribution in [-0.4, -0.2) is 42.2 Å². The van der Waals surface area contributed by atoms with Crippen molar-refractivity contribution in [2.75, 3.05) is 14.1 Å². The predicted octanol–water partition coefficient (Wildman–Crippen LogP) is 3.24. The number of urea groups is 1. The Bertz CT molecular complexity index is 517. The van der Waals surface area contributed by atoms with Crippen molar-refractivity contribution in [1.82, 2.24) is 9.80 Å². The molecule has 0 saturated carbocycles. The van der Waals surface area contributed by atoms with Crippen LogP contribution in [0.4, 0.5) is 4.79 Å². The molecule has 0 atom stereocenters. The first-order valence-electron chi connectivity index (χ1n) is 7.79. The van der Waals surface area contributed by atoms with Gasteiger partial charge in [-0.1, -0.05) is 55.3 Å². The third-order valence-corrected chi connectivity index (χ3v) is 3.33. The largest absolute Gasteiger partial charge is 0.390 e. The van der Waals surface area contributed by atoms with Gasteiger partial charge in [-0.2, -0.15) is 0 Å². The van der Waals surface area contributed by atoms with Crippen LogP contribution in [-0.2, 0) is 16.2 Å². The van der Waals surface area contributed by atoms with Gasteiger partial charge in [-0.3, -0.25) is 14.6 Å². The van der Waals surface area contributed by atoms with E-state index in [4.69, 9.17) is 4.84 Å². The summed E-state index contributed by atoms with van der Waals surface area (Å²) in [7, 11) is 3.01. The van der Waals surface area contributed by atoms with Crippen LogP contribution in [0.2, 0.25) is 0 Å². The molecule has 0 radical (unpaired) electrons. The molecule has 0 aliphatic carbocycles. The van der Waals surface area contributed by atoms with Gasteiger partial charge in [-0.05, 0) is 12.0 Å². The standard InChI is InChI=1S/C17H25N3O3/c1-4-5-7-12-16(21)20(3)17(22)19(2)14-18-23-13-15-10-8-6-9-11-15/h6,8-11,14H,4-5,7,12-13H2,1-3H3/b18-14+. The van der Waals surface area contributed by atoms with Crippen molar-refractivity contribution in [3.63, 3.8) is 0 Å². The number of imide groups is 1. The molecule has 0 aliphatic rings. The predicted molar refractivity (Wildman–Crippen MR) is 89.8 cm³/mol. The molecule has 0 N–H and O–H groups in total. The van der Waals surface area contributed by atoms with Crippen molar-refractivity contribution < 1.29 is 14.4 Å². The summed E-state index contributed by atoms with van der Waals surface area (Å²) in [6.45, 7) is 2.39. The molecule has 23 heavy (non-hydrogen) atoms. The lowest BCUT2D eigenvalue weighted by Gasteiger charge is -2.20. The van der Waals surface area contributed by atoms with Crippen LogP contribution in [0.15, 0.2) is 35.5 Å². The third kappa shape index (κ3) is 6.95. The molecule has 0 fully saturated rings. The second kappa shape index (κ2) is 10.4. The number of benzene rings is 1. The Morgan fingerprint density at radius 1 is 1.17 bits per heavy atom. The van der Waals surface area contributed by atoms with Crippen LogP contribution in [0.3, 0.4) is 0 Å². The highest BCUT2D eigenvalue weighted by Gasteiger charge is 2.19. The smallest absolute Gasteiger partial charge is 0.331 e. The molecular formula is C17H25N3O3. The van der Waals surface area contributed by atoms with Crippen molar-refractivity contribution in [1.29, 1.82) is 0 Å². The van der Waals surface area contributed by atoms with Gasteiger partial charge in [0, 0.05) is 20.5 Å². The minimum atomic E-state index is -0.432. The lowest BCUT2D eigenvalue weighted by Crippen LogP contribution is -2.41. The van der Waals surface area contributed by atoms with Crippen molar-refractivity contribution in [2.45, 2.75) is 39.2 Å². The molecule has 1 rings (SSSR count). The zero-order valence-corrected chi connectivity index (χ0v) is 14.1. The van der Waals surface area contributed by atoms with E-state index in [9.17, 15) is 9.59 Å². The number of unbranched alkanes of at least 4 members (excludes halogenated alkanes) is 2.